The first-order valence-electron chi connectivity index (χ1n) is 6.52. The molecule has 0 spiro atoms. The van der Waals surface area contributed by atoms with Crippen LogP contribution in [0, 0.1) is 0 Å². The minimum Gasteiger partial charge on any atom is -0.491 e. The number of ether oxygens (including phenoxy) is 2. The lowest BCUT2D eigenvalue weighted by atomic mass is 10.2. The second kappa shape index (κ2) is 7.36. The van der Waals surface area contributed by atoms with E-state index >= 15 is 0 Å². The molecule has 1 fully saturated rings. The molecule has 1 aromatic rings. The summed E-state index contributed by atoms with van der Waals surface area (Å²) in [5.74, 6) is 0.930. The van der Waals surface area contributed by atoms with E-state index in [-0.39, 0.29) is 0 Å². The van der Waals surface area contributed by atoms with E-state index in [2.05, 4.69) is 28.4 Å². The Labute approximate surface area is 109 Å². The third-order valence-corrected chi connectivity index (χ3v) is 3.07. The number of piperazine rings is 1. The normalized spacial score (nSPS) is 16.7. The Morgan fingerprint density at radius 1 is 1.22 bits per heavy atom. The highest BCUT2D eigenvalue weighted by molar-refractivity contribution is 5.28. The van der Waals surface area contributed by atoms with Crippen molar-refractivity contribution in [1.82, 2.24) is 10.2 Å². The van der Waals surface area contributed by atoms with Gasteiger partial charge in [0.1, 0.15) is 12.4 Å². The van der Waals surface area contributed by atoms with Gasteiger partial charge in [0.2, 0.25) is 0 Å². The first-order chi connectivity index (χ1) is 8.88. The van der Waals surface area contributed by atoms with Crippen molar-refractivity contribution < 1.29 is 9.47 Å². The molecule has 0 bridgehead atoms. The molecule has 4 nitrogen and oxygen atoms in total. The number of nitrogens with one attached hydrogen (secondary N) is 1. The minimum atomic E-state index is 0.605. The lowest BCUT2D eigenvalue weighted by molar-refractivity contribution is 0.146. The van der Waals surface area contributed by atoms with Crippen LogP contribution in [-0.2, 0) is 11.3 Å². The molecule has 0 saturated carbocycles. The van der Waals surface area contributed by atoms with Crippen LogP contribution in [0.3, 0.4) is 0 Å². The number of nitrogens with zero attached hydrogens (tertiary/aromatic N) is 1. The fourth-order valence-corrected chi connectivity index (χ4v) is 2.10. The quantitative estimate of drug-likeness (QED) is 0.767. The molecule has 1 aliphatic heterocycles. The van der Waals surface area contributed by atoms with Crippen LogP contribution < -0.4 is 10.1 Å². The fourth-order valence-electron chi connectivity index (χ4n) is 2.10. The summed E-state index contributed by atoms with van der Waals surface area (Å²) in [6.07, 6.45) is 0. The van der Waals surface area contributed by atoms with Crippen LogP contribution >= 0.6 is 0 Å². The van der Waals surface area contributed by atoms with Crippen LogP contribution in [0.2, 0.25) is 0 Å². The van der Waals surface area contributed by atoms with E-state index in [0.717, 1.165) is 38.5 Å². The average molecular weight is 250 g/mol. The Hall–Kier alpha value is -1.10. The molecule has 18 heavy (non-hydrogen) atoms. The summed E-state index contributed by atoms with van der Waals surface area (Å²) in [5, 5.41) is 3.37. The van der Waals surface area contributed by atoms with Crippen LogP contribution in [-0.4, -0.2) is 51.4 Å². The number of benzene rings is 1. The Morgan fingerprint density at radius 2 is 2.06 bits per heavy atom. The lowest BCUT2D eigenvalue weighted by Crippen LogP contribution is -2.42. The van der Waals surface area contributed by atoms with Crippen molar-refractivity contribution in [1.29, 1.82) is 0 Å². The SMILES string of the molecule is COCCOc1cccc(CN2CCNCC2)c1. The van der Waals surface area contributed by atoms with E-state index in [4.69, 9.17) is 9.47 Å². The van der Waals surface area contributed by atoms with Gasteiger partial charge in [-0.2, -0.15) is 0 Å². The van der Waals surface area contributed by atoms with E-state index in [1.807, 2.05) is 6.07 Å². The summed E-state index contributed by atoms with van der Waals surface area (Å²) >= 11 is 0. The topological polar surface area (TPSA) is 33.7 Å². The van der Waals surface area contributed by atoms with Crippen molar-refractivity contribution in [3.05, 3.63) is 29.8 Å². The molecule has 1 saturated heterocycles. The van der Waals surface area contributed by atoms with Gasteiger partial charge >= 0.3 is 0 Å². The van der Waals surface area contributed by atoms with Gasteiger partial charge in [-0.25, -0.2) is 0 Å². The predicted octanol–water partition coefficient (Wildman–Crippen LogP) is 1.12. The van der Waals surface area contributed by atoms with Gasteiger partial charge in [-0.1, -0.05) is 12.1 Å². The van der Waals surface area contributed by atoms with Gasteiger partial charge < -0.3 is 14.8 Å². The van der Waals surface area contributed by atoms with Crippen LogP contribution in [0.1, 0.15) is 5.56 Å². The summed E-state index contributed by atoms with van der Waals surface area (Å²) < 4.78 is 10.6. The van der Waals surface area contributed by atoms with E-state index in [0.29, 0.717) is 13.2 Å². The largest absolute Gasteiger partial charge is 0.491 e. The first-order valence-corrected chi connectivity index (χ1v) is 6.52. The molecule has 1 aromatic carbocycles. The van der Waals surface area contributed by atoms with E-state index < -0.39 is 0 Å². The molecule has 0 aromatic heterocycles. The molecule has 0 aliphatic carbocycles. The predicted molar refractivity (Wildman–Crippen MR) is 72.0 cm³/mol. The van der Waals surface area contributed by atoms with Crippen LogP contribution in [0.4, 0.5) is 0 Å². The zero-order valence-corrected chi connectivity index (χ0v) is 11.0. The molecule has 0 atom stereocenters. The van der Waals surface area contributed by atoms with Gasteiger partial charge in [-0.3, -0.25) is 4.90 Å². The second-order valence-electron chi connectivity index (χ2n) is 4.51. The molecule has 0 unspecified atom stereocenters. The fraction of sp³-hybridized carbons (Fsp3) is 0.571. The van der Waals surface area contributed by atoms with Crippen LogP contribution in [0.5, 0.6) is 5.75 Å². The zero-order valence-electron chi connectivity index (χ0n) is 11.0. The molecule has 0 radical (unpaired) electrons. The van der Waals surface area contributed by atoms with Crippen molar-refractivity contribution in [2.75, 3.05) is 46.5 Å². The van der Waals surface area contributed by atoms with E-state index in [1.54, 1.807) is 7.11 Å². The molecule has 4 heteroatoms. The second-order valence-corrected chi connectivity index (χ2v) is 4.51. The highest BCUT2D eigenvalue weighted by Crippen LogP contribution is 2.15. The van der Waals surface area contributed by atoms with Crippen molar-refractivity contribution in [3.8, 4) is 5.75 Å². The maximum Gasteiger partial charge on any atom is 0.119 e. The summed E-state index contributed by atoms with van der Waals surface area (Å²) in [6.45, 7) is 6.65. The third-order valence-electron chi connectivity index (χ3n) is 3.07. The number of rotatable bonds is 6. The average Bonchev–Trinajstić information content (AvgIpc) is 2.41. The highest BCUT2D eigenvalue weighted by atomic mass is 16.5. The Kier molecular flexibility index (Phi) is 5.45. The molecular weight excluding hydrogens is 228 g/mol. The Morgan fingerprint density at radius 3 is 2.83 bits per heavy atom. The molecule has 0 amide bonds. The number of hydrogen-bond donors (Lipinski definition) is 1. The highest BCUT2D eigenvalue weighted by Gasteiger charge is 2.09. The van der Waals surface area contributed by atoms with Crippen molar-refractivity contribution in [3.63, 3.8) is 0 Å². The first kappa shape index (κ1) is 13.3. The van der Waals surface area contributed by atoms with Gasteiger partial charge in [0, 0.05) is 39.8 Å². The Balaban J connectivity index is 1.85. The smallest absolute Gasteiger partial charge is 0.119 e. The van der Waals surface area contributed by atoms with Crippen LogP contribution in [0.25, 0.3) is 0 Å². The van der Waals surface area contributed by atoms with Gasteiger partial charge in [-0.05, 0) is 17.7 Å². The standard InChI is InChI=1S/C14H22N2O2/c1-17-9-10-18-14-4-2-3-13(11-14)12-16-7-5-15-6-8-16/h2-4,11,15H,5-10,12H2,1H3. The summed E-state index contributed by atoms with van der Waals surface area (Å²) in [5.41, 5.74) is 1.31. The van der Waals surface area contributed by atoms with Gasteiger partial charge in [-0.15, -0.1) is 0 Å². The molecule has 2 rings (SSSR count). The number of hydrogen-bond acceptors (Lipinski definition) is 4. The van der Waals surface area contributed by atoms with Gasteiger partial charge in [0.05, 0.1) is 6.61 Å². The van der Waals surface area contributed by atoms with Crippen LogP contribution in [0.15, 0.2) is 24.3 Å². The minimum absolute atomic E-state index is 0.605. The maximum atomic E-state index is 5.62. The third kappa shape index (κ3) is 4.29. The summed E-state index contributed by atoms with van der Waals surface area (Å²) in [4.78, 5) is 2.46. The molecule has 100 valence electrons. The van der Waals surface area contributed by atoms with Crippen molar-refractivity contribution >= 4 is 0 Å². The summed E-state index contributed by atoms with van der Waals surface area (Å²) in [7, 11) is 1.68. The van der Waals surface area contributed by atoms with E-state index in [9.17, 15) is 0 Å². The van der Waals surface area contributed by atoms with Crippen molar-refractivity contribution in [2.24, 2.45) is 0 Å². The summed E-state index contributed by atoms with van der Waals surface area (Å²) in [6, 6.07) is 8.33. The van der Waals surface area contributed by atoms with Crippen molar-refractivity contribution in [2.45, 2.75) is 6.54 Å². The lowest BCUT2D eigenvalue weighted by Gasteiger charge is -2.27. The monoisotopic (exact) mass is 250 g/mol. The molecule has 1 heterocycles. The van der Waals surface area contributed by atoms with Gasteiger partial charge in [0.15, 0.2) is 0 Å². The molecular formula is C14H22N2O2. The van der Waals surface area contributed by atoms with Gasteiger partial charge in [0.25, 0.3) is 0 Å². The number of methoxy groups -OCH3 is 1. The molecule has 1 N–H and O–H groups in total. The maximum absolute atomic E-state index is 5.62. The Bertz CT molecular complexity index is 351. The zero-order chi connectivity index (χ0) is 12.6. The van der Waals surface area contributed by atoms with E-state index in [1.165, 1.54) is 5.56 Å². The molecule has 1 aliphatic rings.